The Morgan fingerprint density at radius 1 is 1.25 bits per heavy atom. The zero-order chi connectivity index (χ0) is 9.78. The second kappa shape index (κ2) is 4.20. The summed E-state index contributed by atoms with van der Waals surface area (Å²) in [5.41, 5.74) is 0. The Hall–Kier alpha value is -0.910. The fourth-order valence-electron chi connectivity index (χ4n) is 0.511. The van der Waals surface area contributed by atoms with Gasteiger partial charge in [0.15, 0.2) is 0 Å². The van der Waals surface area contributed by atoms with E-state index in [0.717, 1.165) is 0 Å². The van der Waals surface area contributed by atoms with Crippen molar-refractivity contribution in [2.24, 2.45) is 0 Å². The molecule has 0 aliphatic carbocycles. The van der Waals surface area contributed by atoms with Crippen LogP contribution in [0.5, 0.6) is 0 Å². The maximum absolute atomic E-state index is 11.5. The van der Waals surface area contributed by atoms with Crippen molar-refractivity contribution in [1.29, 1.82) is 0 Å². The van der Waals surface area contributed by atoms with Gasteiger partial charge in [-0.25, -0.2) is 0 Å². The molecule has 12 heavy (non-hydrogen) atoms. The van der Waals surface area contributed by atoms with Crippen molar-refractivity contribution in [3.63, 3.8) is 0 Å². The minimum absolute atomic E-state index is 0.124. The van der Waals surface area contributed by atoms with Gasteiger partial charge in [-0.2, -0.15) is 13.2 Å². The van der Waals surface area contributed by atoms with Crippen LogP contribution in [0, 0.1) is 0 Å². The highest BCUT2D eigenvalue weighted by atomic mass is 19.4. The van der Waals surface area contributed by atoms with Gasteiger partial charge in [0, 0.05) is 13.0 Å². The van der Waals surface area contributed by atoms with Crippen LogP contribution in [0.3, 0.4) is 0 Å². The van der Waals surface area contributed by atoms with Crippen molar-refractivity contribution in [2.75, 3.05) is 6.61 Å². The molecule has 70 valence electrons. The van der Waals surface area contributed by atoms with Crippen LogP contribution in [-0.4, -0.2) is 29.5 Å². The van der Waals surface area contributed by atoms with Crippen LogP contribution in [0.25, 0.3) is 0 Å². The summed E-state index contributed by atoms with van der Waals surface area (Å²) in [7, 11) is 0. The summed E-state index contributed by atoms with van der Waals surface area (Å²) in [5.74, 6) is -3.85. The average Bonchev–Trinajstić information content (AvgIpc) is 1.97. The molecule has 0 spiro atoms. The SMILES string of the molecule is O=C(CCCO)C(=O)C(F)(F)F. The maximum Gasteiger partial charge on any atom is 0.458 e. The van der Waals surface area contributed by atoms with E-state index in [1.807, 2.05) is 0 Å². The Bertz CT molecular complexity index is 185. The zero-order valence-electron chi connectivity index (χ0n) is 6.02. The number of aliphatic hydroxyl groups excluding tert-OH is 1. The topological polar surface area (TPSA) is 54.4 Å². The number of alkyl halides is 3. The zero-order valence-corrected chi connectivity index (χ0v) is 6.02. The molecule has 0 amide bonds. The fourth-order valence-corrected chi connectivity index (χ4v) is 0.511. The van der Waals surface area contributed by atoms with Crippen LogP contribution in [0.2, 0.25) is 0 Å². The van der Waals surface area contributed by atoms with Gasteiger partial charge in [-0.1, -0.05) is 0 Å². The molecule has 0 saturated carbocycles. The lowest BCUT2D eigenvalue weighted by Gasteiger charge is -2.02. The van der Waals surface area contributed by atoms with Gasteiger partial charge in [0.1, 0.15) is 0 Å². The standard InChI is InChI=1S/C6H7F3O3/c7-6(8,9)5(12)4(11)2-1-3-10/h10H,1-3H2. The second-order valence-corrected chi connectivity index (χ2v) is 2.08. The van der Waals surface area contributed by atoms with E-state index < -0.39 is 30.8 Å². The molecular formula is C6H7F3O3. The number of rotatable bonds is 4. The summed E-state index contributed by atoms with van der Waals surface area (Å²) in [6.07, 6.45) is -5.78. The molecule has 0 heterocycles. The van der Waals surface area contributed by atoms with E-state index in [0.29, 0.717) is 0 Å². The summed E-state index contributed by atoms with van der Waals surface area (Å²) in [4.78, 5) is 20.5. The van der Waals surface area contributed by atoms with E-state index >= 15 is 0 Å². The minimum atomic E-state index is -5.09. The molecule has 0 unspecified atom stereocenters. The van der Waals surface area contributed by atoms with Crippen molar-refractivity contribution >= 4 is 11.6 Å². The summed E-state index contributed by atoms with van der Waals surface area (Å²) in [6, 6.07) is 0. The third-order valence-electron chi connectivity index (χ3n) is 1.07. The van der Waals surface area contributed by atoms with Crippen LogP contribution in [-0.2, 0) is 9.59 Å². The predicted molar refractivity (Wildman–Crippen MR) is 32.4 cm³/mol. The number of hydrogen-bond acceptors (Lipinski definition) is 3. The smallest absolute Gasteiger partial charge is 0.396 e. The summed E-state index contributed by atoms with van der Waals surface area (Å²) in [6.45, 7) is -0.406. The molecule has 0 saturated heterocycles. The van der Waals surface area contributed by atoms with Gasteiger partial charge in [-0.05, 0) is 6.42 Å². The molecule has 0 rings (SSSR count). The highest BCUT2D eigenvalue weighted by Crippen LogP contribution is 2.17. The van der Waals surface area contributed by atoms with E-state index in [2.05, 4.69) is 0 Å². The fraction of sp³-hybridized carbons (Fsp3) is 0.667. The molecule has 0 bridgehead atoms. The maximum atomic E-state index is 11.5. The van der Waals surface area contributed by atoms with Gasteiger partial charge in [0.2, 0.25) is 5.78 Å². The monoisotopic (exact) mass is 184 g/mol. The molecule has 0 aromatic rings. The Morgan fingerprint density at radius 3 is 2.08 bits per heavy atom. The summed E-state index contributed by atoms with van der Waals surface area (Å²) >= 11 is 0. The molecule has 0 aliphatic heterocycles. The third-order valence-corrected chi connectivity index (χ3v) is 1.07. The van der Waals surface area contributed by atoms with Gasteiger partial charge < -0.3 is 5.11 Å². The highest BCUT2D eigenvalue weighted by Gasteiger charge is 2.42. The molecule has 0 atom stereocenters. The molecular weight excluding hydrogens is 177 g/mol. The quantitative estimate of drug-likeness (QED) is 0.645. The number of ketones is 2. The van der Waals surface area contributed by atoms with E-state index in [4.69, 9.17) is 5.11 Å². The molecule has 0 aromatic heterocycles. The minimum Gasteiger partial charge on any atom is -0.396 e. The highest BCUT2D eigenvalue weighted by molar-refractivity contribution is 6.39. The first-order chi connectivity index (χ1) is 5.39. The Kier molecular flexibility index (Phi) is 3.88. The van der Waals surface area contributed by atoms with Gasteiger partial charge in [0.05, 0.1) is 0 Å². The molecule has 0 aliphatic rings. The summed E-state index contributed by atoms with van der Waals surface area (Å²) in [5, 5.41) is 8.15. The van der Waals surface area contributed by atoms with Gasteiger partial charge in [-0.3, -0.25) is 9.59 Å². The number of carbonyl (C=O) groups is 2. The van der Waals surface area contributed by atoms with Crippen molar-refractivity contribution < 1.29 is 27.9 Å². The van der Waals surface area contributed by atoms with Crippen LogP contribution >= 0.6 is 0 Å². The lowest BCUT2D eigenvalue weighted by Crippen LogP contribution is -2.30. The Morgan fingerprint density at radius 2 is 1.75 bits per heavy atom. The van der Waals surface area contributed by atoms with Crippen LogP contribution in [0.1, 0.15) is 12.8 Å². The van der Waals surface area contributed by atoms with Crippen LogP contribution < -0.4 is 0 Å². The van der Waals surface area contributed by atoms with Crippen LogP contribution in [0.15, 0.2) is 0 Å². The Balaban J connectivity index is 4.04. The molecule has 0 radical (unpaired) electrons. The normalized spacial score (nSPS) is 11.3. The van der Waals surface area contributed by atoms with E-state index in [-0.39, 0.29) is 6.42 Å². The summed E-state index contributed by atoms with van der Waals surface area (Å²) < 4.78 is 34.5. The number of aliphatic hydroxyl groups is 1. The van der Waals surface area contributed by atoms with Gasteiger partial charge in [0.25, 0.3) is 0 Å². The largest absolute Gasteiger partial charge is 0.458 e. The number of hydrogen-bond donors (Lipinski definition) is 1. The third kappa shape index (κ3) is 3.47. The Labute approximate surface area is 66.2 Å². The molecule has 0 aromatic carbocycles. The van der Waals surface area contributed by atoms with Crippen molar-refractivity contribution in [1.82, 2.24) is 0 Å². The molecule has 6 heteroatoms. The van der Waals surface area contributed by atoms with Gasteiger partial charge >= 0.3 is 12.0 Å². The van der Waals surface area contributed by atoms with E-state index in [1.54, 1.807) is 0 Å². The molecule has 0 fully saturated rings. The lowest BCUT2D eigenvalue weighted by atomic mass is 10.1. The van der Waals surface area contributed by atoms with Gasteiger partial charge in [-0.15, -0.1) is 0 Å². The first kappa shape index (κ1) is 11.1. The molecule has 1 N–H and O–H groups in total. The van der Waals surface area contributed by atoms with E-state index in [9.17, 15) is 22.8 Å². The van der Waals surface area contributed by atoms with Crippen molar-refractivity contribution in [3.8, 4) is 0 Å². The first-order valence-corrected chi connectivity index (χ1v) is 3.14. The second-order valence-electron chi connectivity index (χ2n) is 2.08. The molecule has 3 nitrogen and oxygen atoms in total. The lowest BCUT2D eigenvalue weighted by molar-refractivity contribution is -0.174. The van der Waals surface area contributed by atoms with Crippen molar-refractivity contribution in [2.45, 2.75) is 19.0 Å². The van der Waals surface area contributed by atoms with E-state index in [1.165, 1.54) is 0 Å². The number of Topliss-reactive ketones (excluding diaryl/α,β-unsaturated/α-hetero) is 2. The average molecular weight is 184 g/mol. The van der Waals surface area contributed by atoms with Crippen molar-refractivity contribution in [3.05, 3.63) is 0 Å². The number of carbonyl (C=O) groups excluding carboxylic acids is 2. The first-order valence-electron chi connectivity index (χ1n) is 3.14. The predicted octanol–water partition coefficient (Wildman–Crippen LogP) is 0.459. The number of halogens is 3. The van der Waals surface area contributed by atoms with Crippen LogP contribution in [0.4, 0.5) is 13.2 Å².